The van der Waals surface area contributed by atoms with Crippen molar-refractivity contribution in [2.75, 3.05) is 7.11 Å². The number of ether oxygens (including phenoxy) is 1. The number of carbonyl (C=O) groups is 1. The van der Waals surface area contributed by atoms with Crippen LogP contribution in [0, 0.1) is 6.92 Å². The molecule has 1 N–H and O–H groups in total. The van der Waals surface area contributed by atoms with Gasteiger partial charge < -0.3 is 9.84 Å². The first-order valence-corrected chi connectivity index (χ1v) is 6.29. The van der Waals surface area contributed by atoms with Gasteiger partial charge in [-0.05, 0) is 31.0 Å². The first-order valence-electron chi connectivity index (χ1n) is 6.29. The summed E-state index contributed by atoms with van der Waals surface area (Å²) in [6.45, 7) is 1.81. The molecule has 2 aromatic rings. The van der Waals surface area contributed by atoms with E-state index in [4.69, 9.17) is 9.84 Å². The molecule has 0 fully saturated rings. The normalized spacial score (nSPS) is 10.3. The lowest BCUT2D eigenvalue weighted by Gasteiger charge is -2.09. The summed E-state index contributed by atoms with van der Waals surface area (Å²) in [5, 5.41) is 8.81. The second kappa shape index (κ2) is 6.14. The highest BCUT2D eigenvalue weighted by Crippen LogP contribution is 2.25. The number of methoxy groups -OCH3 is 1. The fourth-order valence-corrected chi connectivity index (χ4v) is 1.94. The highest BCUT2D eigenvalue weighted by Gasteiger charge is 2.10. The lowest BCUT2D eigenvalue weighted by atomic mass is 10.0. The van der Waals surface area contributed by atoms with Crippen molar-refractivity contribution in [3.05, 3.63) is 41.9 Å². The van der Waals surface area contributed by atoms with Crippen molar-refractivity contribution in [3.8, 4) is 17.0 Å². The van der Waals surface area contributed by atoms with Gasteiger partial charge in [0.2, 0.25) is 0 Å². The van der Waals surface area contributed by atoms with Crippen LogP contribution in [0.25, 0.3) is 11.3 Å². The van der Waals surface area contributed by atoms with Crippen LogP contribution < -0.4 is 4.74 Å². The SMILES string of the molecule is COc1cccc(-c2nc(C)ncc2CCC(=O)O)c1. The molecule has 0 aliphatic carbocycles. The van der Waals surface area contributed by atoms with Gasteiger partial charge in [-0.25, -0.2) is 9.97 Å². The van der Waals surface area contributed by atoms with Gasteiger partial charge in [-0.1, -0.05) is 12.1 Å². The smallest absolute Gasteiger partial charge is 0.303 e. The minimum atomic E-state index is -0.831. The van der Waals surface area contributed by atoms with Crippen molar-refractivity contribution in [1.29, 1.82) is 0 Å². The number of hydrogen-bond acceptors (Lipinski definition) is 4. The maximum absolute atomic E-state index is 10.7. The molecule has 0 saturated carbocycles. The van der Waals surface area contributed by atoms with Crippen molar-refractivity contribution < 1.29 is 14.6 Å². The van der Waals surface area contributed by atoms with Crippen molar-refractivity contribution in [1.82, 2.24) is 9.97 Å². The number of aryl methyl sites for hydroxylation is 2. The van der Waals surface area contributed by atoms with E-state index in [1.165, 1.54) is 0 Å². The van der Waals surface area contributed by atoms with E-state index in [0.29, 0.717) is 12.2 Å². The van der Waals surface area contributed by atoms with Crippen LogP contribution in [0.4, 0.5) is 0 Å². The zero-order valence-electron chi connectivity index (χ0n) is 11.5. The zero-order chi connectivity index (χ0) is 14.5. The minimum Gasteiger partial charge on any atom is -0.497 e. The molecule has 0 saturated heterocycles. The summed E-state index contributed by atoms with van der Waals surface area (Å²) in [5.41, 5.74) is 2.49. The largest absolute Gasteiger partial charge is 0.497 e. The van der Waals surface area contributed by atoms with E-state index in [1.54, 1.807) is 13.3 Å². The van der Waals surface area contributed by atoms with Crippen LogP contribution in [0.5, 0.6) is 5.75 Å². The fourth-order valence-electron chi connectivity index (χ4n) is 1.94. The van der Waals surface area contributed by atoms with E-state index >= 15 is 0 Å². The molecule has 0 unspecified atom stereocenters. The van der Waals surface area contributed by atoms with Gasteiger partial charge in [0.1, 0.15) is 11.6 Å². The molecular weight excluding hydrogens is 256 g/mol. The molecule has 1 aromatic heterocycles. The number of aromatic nitrogens is 2. The van der Waals surface area contributed by atoms with Crippen molar-refractivity contribution >= 4 is 5.97 Å². The van der Waals surface area contributed by atoms with E-state index in [1.807, 2.05) is 31.2 Å². The second-order valence-electron chi connectivity index (χ2n) is 4.42. The van der Waals surface area contributed by atoms with E-state index in [9.17, 15) is 4.79 Å². The minimum absolute atomic E-state index is 0.0589. The standard InChI is InChI=1S/C15H16N2O3/c1-10-16-9-12(6-7-14(18)19)15(17-10)11-4-3-5-13(8-11)20-2/h3-5,8-9H,6-7H2,1-2H3,(H,18,19). The van der Waals surface area contributed by atoms with Gasteiger partial charge in [0.15, 0.2) is 0 Å². The first kappa shape index (κ1) is 14.0. The molecule has 1 aromatic carbocycles. The van der Waals surface area contributed by atoms with Crippen LogP contribution in [0.2, 0.25) is 0 Å². The lowest BCUT2D eigenvalue weighted by Crippen LogP contribution is -2.02. The van der Waals surface area contributed by atoms with Crippen LogP contribution in [0.1, 0.15) is 17.8 Å². The summed E-state index contributed by atoms with van der Waals surface area (Å²) in [5.74, 6) is 0.562. The average molecular weight is 272 g/mol. The summed E-state index contributed by atoms with van der Waals surface area (Å²) in [6.07, 6.45) is 2.16. The molecule has 0 atom stereocenters. The Morgan fingerprint density at radius 1 is 1.40 bits per heavy atom. The summed E-state index contributed by atoms with van der Waals surface area (Å²) in [6, 6.07) is 7.54. The number of rotatable bonds is 5. The quantitative estimate of drug-likeness (QED) is 0.905. The number of benzene rings is 1. The maximum Gasteiger partial charge on any atom is 0.303 e. The third-order valence-corrected chi connectivity index (χ3v) is 2.94. The molecular formula is C15H16N2O3. The summed E-state index contributed by atoms with van der Waals surface area (Å²) in [4.78, 5) is 19.3. The predicted molar refractivity (Wildman–Crippen MR) is 74.7 cm³/mol. The average Bonchev–Trinajstić information content (AvgIpc) is 2.46. The number of aliphatic carboxylic acids is 1. The highest BCUT2D eigenvalue weighted by atomic mass is 16.5. The lowest BCUT2D eigenvalue weighted by molar-refractivity contribution is -0.136. The molecule has 0 bridgehead atoms. The molecule has 1 heterocycles. The highest BCUT2D eigenvalue weighted by molar-refractivity contribution is 5.69. The Balaban J connectivity index is 2.42. The van der Waals surface area contributed by atoms with E-state index in [0.717, 1.165) is 22.6 Å². The Morgan fingerprint density at radius 3 is 2.90 bits per heavy atom. The van der Waals surface area contributed by atoms with E-state index < -0.39 is 5.97 Å². The van der Waals surface area contributed by atoms with Gasteiger partial charge in [-0.15, -0.1) is 0 Å². The van der Waals surface area contributed by atoms with Crippen LogP contribution >= 0.6 is 0 Å². The summed E-state index contributed by atoms with van der Waals surface area (Å²) >= 11 is 0. The number of nitrogens with zero attached hydrogens (tertiary/aromatic N) is 2. The molecule has 0 aliphatic heterocycles. The number of carboxylic acids is 1. The van der Waals surface area contributed by atoms with Crippen LogP contribution in [-0.4, -0.2) is 28.2 Å². The third kappa shape index (κ3) is 3.32. The van der Waals surface area contributed by atoms with Crippen LogP contribution in [0.15, 0.2) is 30.5 Å². The molecule has 20 heavy (non-hydrogen) atoms. The Bertz CT molecular complexity index is 626. The molecule has 0 amide bonds. The van der Waals surface area contributed by atoms with Gasteiger partial charge in [-0.2, -0.15) is 0 Å². The fraction of sp³-hybridized carbons (Fsp3) is 0.267. The zero-order valence-corrected chi connectivity index (χ0v) is 11.5. The molecule has 104 valence electrons. The molecule has 5 nitrogen and oxygen atoms in total. The van der Waals surface area contributed by atoms with Gasteiger partial charge >= 0.3 is 5.97 Å². The second-order valence-corrected chi connectivity index (χ2v) is 4.42. The van der Waals surface area contributed by atoms with Gasteiger partial charge in [0.25, 0.3) is 0 Å². The van der Waals surface area contributed by atoms with Crippen molar-refractivity contribution in [2.24, 2.45) is 0 Å². The molecule has 0 aliphatic rings. The Morgan fingerprint density at radius 2 is 2.20 bits per heavy atom. The van der Waals surface area contributed by atoms with E-state index in [2.05, 4.69) is 9.97 Å². The van der Waals surface area contributed by atoms with E-state index in [-0.39, 0.29) is 6.42 Å². The third-order valence-electron chi connectivity index (χ3n) is 2.94. The molecule has 5 heteroatoms. The summed E-state index contributed by atoms with van der Waals surface area (Å²) < 4.78 is 5.21. The van der Waals surface area contributed by atoms with Gasteiger partial charge in [-0.3, -0.25) is 4.79 Å². The van der Waals surface area contributed by atoms with Crippen molar-refractivity contribution in [2.45, 2.75) is 19.8 Å². The topological polar surface area (TPSA) is 72.3 Å². The van der Waals surface area contributed by atoms with Crippen LogP contribution in [-0.2, 0) is 11.2 Å². The monoisotopic (exact) mass is 272 g/mol. The Hall–Kier alpha value is -2.43. The van der Waals surface area contributed by atoms with Gasteiger partial charge in [0, 0.05) is 18.2 Å². The molecule has 0 radical (unpaired) electrons. The first-order chi connectivity index (χ1) is 9.60. The van der Waals surface area contributed by atoms with Gasteiger partial charge in [0.05, 0.1) is 12.8 Å². The summed E-state index contributed by atoms with van der Waals surface area (Å²) in [7, 11) is 1.61. The maximum atomic E-state index is 10.7. The van der Waals surface area contributed by atoms with Crippen molar-refractivity contribution in [3.63, 3.8) is 0 Å². The molecule has 0 spiro atoms. The Kier molecular flexibility index (Phi) is 4.30. The predicted octanol–water partition coefficient (Wildman–Crippen LogP) is 2.48. The number of carboxylic acid groups (broad SMARTS) is 1. The Labute approximate surface area is 117 Å². The number of hydrogen-bond donors (Lipinski definition) is 1. The molecule has 2 rings (SSSR count). The van der Waals surface area contributed by atoms with Crippen LogP contribution in [0.3, 0.4) is 0 Å².